The van der Waals surface area contributed by atoms with Crippen molar-refractivity contribution < 1.29 is 4.79 Å². The summed E-state index contributed by atoms with van der Waals surface area (Å²) in [5.74, 6) is 0.660. The highest BCUT2D eigenvalue weighted by Crippen LogP contribution is 2.24. The molecule has 0 aliphatic heterocycles. The molecule has 21 heavy (non-hydrogen) atoms. The number of urea groups is 1. The first kappa shape index (κ1) is 15.9. The van der Waals surface area contributed by atoms with Gasteiger partial charge in [0.05, 0.1) is 0 Å². The van der Waals surface area contributed by atoms with E-state index >= 15 is 0 Å². The molecule has 0 saturated heterocycles. The maximum absolute atomic E-state index is 11.9. The fraction of sp³-hybridized carbons (Fsp3) is 0.611. The Morgan fingerprint density at radius 3 is 2.29 bits per heavy atom. The predicted octanol–water partition coefficient (Wildman–Crippen LogP) is 4.69. The Labute approximate surface area is 128 Å². The van der Waals surface area contributed by atoms with Crippen molar-refractivity contribution in [3.8, 4) is 0 Å². The number of carbonyl (C=O) groups excluding carboxylic acids is 1. The van der Waals surface area contributed by atoms with Crippen LogP contribution in [0.4, 0.5) is 10.5 Å². The van der Waals surface area contributed by atoms with E-state index in [0.29, 0.717) is 5.92 Å². The van der Waals surface area contributed by atoms with Crippen LogP contribution in [0.15, 0.2) is 24.3 Å². The molecule has 1 aromatic carbocycles. The van der Waals surface area contributed by atoms with E-state index in [-0.39, 0.29) is 11.4 Å². The molecular formula is C18H28N2O. The van der Waals surface area contributed by atoms with Crippen LogP contribution in [0.2, 0.25) is 0 Å². The molecule has 0 radical (unpaired) electrons. The third-order valence-electron chi connectivity index (χ3n) is 4.28. The highest BCUT2D eigenvalue weighted by atomic mass is 16.2. The number of rotatable bonds is 3. The molecule has 2 amide bonds. The number of nitrogens with one attached hydrogen (secondary N) is 2. The Hall–Kier alpha value is -1.51. The van der Waals surface area contributed by atoms with Gasteiger partial charge in [-0.25, -0.2) is 4.79 Å². The van der Waals surface area contributed by atoms with Crippen molar-refractivity contribution in [2.45, 2.75) is 58.3 Å². The van der Waals surface area contributed by atoms with Crippen molar-refractivity contribution in [1.29, 1.82) is 0 Å². The Morgan fingerprint density at radius 1 is 1.10 bits per heavy atom. The summed E-state index contributed by atoms with van der Waals surface area (Å²) in [6.45, 7) is 7.36. The highest BCUT2D eigenvalue weighted by Gasteiger charge is 2.15. The van der Waals surface area contributed by atoms with E-state index in [0.717, 1.165) is 12.2 Å². The lowest BCUT2D eigenvalue weighted by atomic mass is 9.87. The molecule has 0 bridgehead atoms. The van der Waals surface area contributed by atoms with E-state index in [1.807, 2.05) is 12.1 Å². The van der Waals surface area contributed by atoms with Gasteiger partial charge in [0, 0.05) is 12.2 Å². The average molecular weight is 288 g/mol. The van der Waals surface area contributed by atoms with Gasteiger partial charge in [-0.2, -0.15) is 0 Å². The summed E-state index contributed by atoms with van der Waals surface area (Å²) in [6, 6.07) is 8.01. The monoisotopic (exact) mass is 288 g/mol. The average Bonchev–Trinajstić information content (AvgIpc) is 2.46. The van der Waals surface area contributed by atoms with Crippen molar-refractivity contribution in [3.05, 3.63) is 29.8 Å². The first-order chi connectivity index (χ1) is 9.95. The minimum Gasteiger partial charge on any atom is -0.338 e. The molecule has 1 fully saturated rings. The van der Waals surface area contributed by atoms with Crippen LogP contribution in [0.25, 0.3) is 0 Å². The fourth-order valence-corrected chi connectivity index (χ4v) is 2.86. The second-order valence-corrected chi connectivity index (χ2v) is 7.17. The van der Waals surface area contributed by atoms with Gasteiger partial charge in [-0.3, -0.25) is 0 Å². The van der Waals surface area contributed by atoms with Gasteiger partial charge in [0.1, 0.15) is 0 Å². The van der Waals surface area contributed by atoms with Crippen molar-refractivity contribution in [3.63, 3.8) is 0 Å². The van der Waals surface area contributed by atoms with Crippen LogP contribution in [0.3, 0.4) is 0 Å². The summed E-state index contributed by atoms with van der Waals surface area (Å²) in [5.41, 5.74) is 2.27. The van der Waals surface area contributed by atoms with E-state index < -0.39 is 0 Å². The fourth-order valence-electron chi connectivity index (χ4n) is 2.86. The van der Waals surface area contributed by atoms with Gasteiger partial charge in [-0.15, -0.1) is 0 Å². The largest absolute Gasteiger partial charge is 0.338 e. The number of hydrogen-bond donors (Lipinski definition) is 2. The van der Waals surface area contributed by atoms with Crippen molar-refractivity contribution in [1.82, 2.24) is 5.32 Å². The van der Waals surface area contributed by atoms with E-state index in [2.05, 4.69) is 43.5 Å². The van der Waals surface area contributed by atoms with Gasteiger partial charge in [0.25, 0.3) is 0 Å². The topological polar surface area (TPSA) is 41.1 Å². The predicted molar refractivity (Wildman–Crippen MR) is 88.7 cm³/mol. The van der Waals surface area contributed by atoms with Crippen LogP contribution in [0.5, 0.6) is 0 Å². The SMILES string of the molecule is CC(C)(C)c1ccc(NC(=O)NCC2CCCCC2)cc1. The lowest BCUT2D eigenvalue weighted by molar-refractivity contribution is 0.247. The van der Waals surface area contributed by atoms with Crippen LogP contribution in [-0.2, 0) is 5.41 Å². The van der Waals surface area contributed by atoms with Gasteiger partial charge in [-0.05, 0) is 41.9 Å². The summed E-state index contributed by atoms with van der Waals surface area (Å²) in [5, 5.41) is 5.91. The third-order valence-corrected chi connectivity index (χ3v) is 4.28. The zero-order chi connectivity index (χ0) is 15.3. The second kappa shape index (κ2) is 6.97. The normalized spacial score (nSPS) is 16.5. The Kier molecular flexibility index (Phi) is 5.27. The van der Waals surface area contributed by atoms with Gasteiger partial charge >= 0.3 is 6.03 Å². The minimum atomic E-state index is -0.0934. The molecule has 0 aromatic heterocycles. The summed E-state index contributed by atoms with van der Waals surface area (Å²) >= 11 is 0. The lowest BCUT2D eigenvalue weighted by Gasteiger charge is -2.22. The molecule has 1 aromatic rings. The molecule has 1 saturated carbocycles. The van der Waals surface area contributed by atoms with E-state index in [1.54, 1.807) is 0 Å². The van der Waals surface area contributed by atoms with Crippen molar-refractivity contribution >= 4 is 11.7 Å². The van der Waals surface area contributed by atoms with Crippen LogP contribution in [-0.4, -0.2) is 12.6 Å². The number of amides is 2. The molecule has 1 aliphatic carbocycles. The second-order valence-electron chi connectivity index (χ2n) is 7.17. The molecule has 1 aliphatic rings. The molecule has 0 atom stereocenters. The number of hydrogen-bond acceptors (Lipinski definition) is 1. The number of benzene rings is 1. The van der Waals surface area contributed by atoms with Crippen molar-refractivity contribution in [2.75, 3.05) is 11.9 Å². The molecule has 116 valence electrons. The number of carbonyl (C=O) groups is 1. The van der Waals surface area contributed by atoms with Gasteiger partial charge < -0.3 is 10.6 Å². The molecular weight excluding hydrogens is 260 g/mol. The quantitative estimate of drug-likeness (QED) is 0.832. The maximum Gasteiger partial charge on any atom is 0.319 e. The lowest BCUT2D eigenvalue weighted by Crippen LogP contribution is -2.33. The van der Waals surface area contributed by atoms with E-state index in [9.17, 15) is 4.79 Å². The summed E-state index contributed by atoms with van der Waals surface area (Å²) in [6.07, 6.45) is 6.47. The van der Waals surface area contributed by atoms with Crippen LogP contribution >= 0.6 is 0 Å². The standard InChI is InChI=1S/C18H28N2O/c1-18(2,3)15-9-11-16(12-10-15)20-17(21)19-13-14-7-5-4-6-8-14/h9-12,14H,4-8,13H2,1-3H3,(H2,19,20,21). The van der Waals surface area contributed by atoms with Crippen LogP contribution in [0.1, 0.15) is 58.4 Å². The molecule has 0 unspecified atom stereocenters. The molecule has 3 heteroatoms. The Morgan fingerprint density at radius 2 is 1.71 bits per heavy atom. The summed E-state index contributed by atoms with van der Waals surface area (Å²) < 4.78 is 0. The van der Waals surface area contributed by atoms with Crippen LogP contribution in [0, 0.1) is 5.92 Å². The summed E-state index contributed by atoms with van der Waals surface area (Å²) in [7, 11) is 0. The zero-order valence-corrected chi connectivity index (χ0v) is 13.5. The van der Waals surface area contributed by atoms with E-state index in [1.165, 1.54) is 37.7 Å². The first-order valence-corrected chi connectivity index (χ1v) is 8.10. The smallest absolute Gasteiger partial charge is 0.319 e. The first-order valence-electron chi connectivity index (χ1n) is 8.10. The molecule has 2 rings (SSSR count). The third kappa shape index (κ3) is 5.07. The Balaban J connectivity index is 1.79. The maximum atomic E-state index is 11.9. The number of anilines is 1. The molecule has 0 spiro atoms. The molecule has 0 heterocycles. The van der Waals surface area contributed by atoms with Gasteiger partial charge in [0.2, 0.25) is 0 Å². The van der Waals surface area contributed by atoms with Gasteiger partial charge in [-0.1, -0.05) is 52.2 Å². The Bertz CT molecular complexity index is 453. The highest BCUT2D eigenvalue weighted by molar-refractivity contribution is 5.89. The van der Waals surface area contributed by atoms with E-state index in [4.69, 9.17) is 0 Å². The minimum absolute atomic E-state index is 0.0934. The van der Waals surface area contributed by atoms with Crippen LogP contribution < -0.4 is 10.6 Å². The zero-order valence-electron chi connectivity index (χ0n) is 13.5. The molecule has 3 nitrogen and oxygen atoms in total. The van der Waals surface area contributed by atoms with Crippen molar-refractivity contribution in [2.24, 2.45) is 5.92 Å². The molecule has 2 N–H and O–H groups in total. The summed E-state index contributed by atoms with van der Waals surface area (Å²) in [4.78, 5) is 11.9. The van der Waals surface area contributed by atoms with Gasteiger partial charge in [0.15, 0.2) is 0 Å².